The highest BCUT2D eigenvalue weighted by Gasteiger charge is 1.96. The Bertz CT molecular complexity index is 203. The molecule has 1 aromatic carbocycles. The van der Waals surface area contributed by atoms with Crippen molar-refractivity contribution in [3.63, 3.8) is 0 Å². The maximum Gasteiger partial charge on any atom is 0.0377 e. The van der Waals surface area contributed by atoms with Gasteiger partial charge in [0, 0.05) is 10.9 Å². The second-order valence-corrected chi connectivity index (χ2v) is 2.83. The molecular weight excluding hydrogens is 142 g/mol. The van der Waals surface area contributed by atoms with Crippen LogP contribution in [0.3, 0.4) is 0 Å². The average molecular weight is 152 g/mol. The predicted molar refractivity (Wildman–Crippen MR) is 44.9 cm³/mol. The van der Waals surface area contributed by atoms with Crippen LogP contribution in [0.1, 0.15) is 18.5 Å². The summed E-state index contributed by atoms with van der Waals surface area (Å²) in [6, 6.07) is 7.83. The van der Waals surface area contributed by atoms with Gasteiger partial charge in [-0.25, -0.2) is 0 Å². The molecule has 0 aromatic heterocycles. The van der Waals surface area contributed by atoms with Gasteiger partial charge in [0.05, 0.1) is 0 Å². The predicted octanol–water partition coefficient (Wildman–Crippen LogP) is 2.26. The molecule has 53 valence electrons. The summed E-state index contributed by atoms with van der Waals surface area (Å²) in [5.74, 6) is 0. The SMILES string of the molecule is CC(N)c1ccc([S])cc1. The van der Waals surface area contributed by atoms with Crippen LogP contribution in [0.5, 0.6) is 0 Å². The molecule has 0 amide bonds. The van der Waals surface area contributed by atoms with Gasteiger partial charge >= 0.3 is 0 Å². The fourth-order valence-corrected chi connectivity index (χ4v) is 0.907. The first-order chi connectivity index (χ1) is 4.70. The quantitative estimate of drug-likeness (QED) is 0.656. The number of nitrogens with two attached hydrogens (primary N) is 1. The zero-order valence-corrected chi connectivity index (χ0v) is 6.69. The second-order valence-electron chi connectivity index (χ2n) is 2.36. The average Bonchev–Trinajstić information content (AvgIpc) is 1.88. The molecule has 0 heterocycles. The van der Waals surface area contributed by atoms with Crippen LogP contribution >= 0.6 is 12.6 Å². The van der Waals surface area contributed by atoms with E-state index in [2.05, 4.69) is 0 Å². The lowest BCUT2D eigenvalue weighted by Gasteiger charge is -2.03. The minimum atomic E-state index is 0.107. The standard InChI is InChI=1S/C8H10NS/c1-6(9)7-2-4-8(10)5-3-7/h2-6H,9H2,1H3. The van der Waals surface area contributed by atoms with E-state index in [1.807, 2.05) is 31.2 Å². The van der Waals surface area contributed by atoms with Crippen molar-refractivity contribution >= 4 is 12.6 Å². The van der Waals surface area contributed by atoms with Gasteiger partial charge in [0.15, 0.2) is 0 Å². The fraction of sp³-hybridized carbons (Fsp3) is 0.250. The second kappa shape index (κ2) is 2.99. The monoisotopic (exact) mass is 152 g/mol. The molecule has 1 rings (SSSR count). The summed E-state index contributed by atoms with van der Waals surface area (Å²) in [7, 11) is 0. The van der Waals surface area contributed by atoms with Crippen LogP contribution in [0.25, 0.3) is 0 Å². The van der Waals surface area contributed by atoms with E-state index in [1.54, 1.807) is 0 Å². The number of hydrogen-bond donors (Lipinski definition) is 1. The van der Waals surface area contributed by atoms with Crippen molar-refractivity contribution in [3.05, 3.63) is 29.8 Å². The maximum atomic E-state index is 5.63. The van der Waals surface area contributed by atoms with Crippen molar-refractivity contribution in [2.45, 2.75) is 17.9 Å². The third-order valence-electron chi connectivity index (χ3n) is 1.41. The highest BCUT2D eigenvalue weighted by molar-refractivity contribution is 7.80. The van der Waals surface area contributed by atoms with Gasteiger partial charge < -0.3 is 5.73 Å². The topological polar surface area (TPSA) is 26.0 Å². The van der Waals surface area contributed by atoms with E-state index < -0.39 is 0 Å². The Morgan fingerprint density at radius 2 is 1.80 bits per heavy atom. The first-order valence-corrected chi connectivity index (χ1v) is 3.63. The van der Waals surface area contributed by atoms with Gasteiger partial charge in [-0.2, -0.15) is 0 Å². The summed E-state index contributed by atoms with van der Waals surface area (Å²) in [5.41, 5.74) is 6.76. The van der Waals surface area contributed by atoms with Crippen LogP contribution in [-0.4, -0.2) is 0 Å². The fourth-order valence-electron chi connectivity index (χ4n) is 0.771. The van der Waals surface area contributed by atoms with Gasteiger partial charge in [-0.05, 0) is 24.6 Å². The van der Waals surface area contributed by atoms with E-state index in [4.69, 9.17) is 18.4 Å². The molecule has 1 radical (unpaired) electrons. The summed E-state index contributed by atoms with van der Waals surface area (Å²) in [6.45, 7) is 1.96. The minimum absolute atomic E-state index is 0.107. The molecule has 0 fully saturated rings. The van der Waals surface area contributed by atoms with Crippen molar-refractivity contribution in [3.8, 4) is 0 Å². The van der Waals surface area contributed by atoms with Crippen LogP contribution in [0.4, 0.5) is 0 Å². The highest BCUT2D eigenvalue weighted by atomic mass is 32.1. The first kappa shape index (κ1) is 7.51. The number of rotatable bonds is 1. The van der Waals surface area contributed by atoms with Crippen LogP contribution in [0, 0.1) is 0 Å². The Morgan fingerprint density at radius 3 is 2.20 bits per heavy atom. The molecule has 0 aliphatic carbocycles. The Morgan fingerprint density at radius 1 is 1.30 bits per heavy atom. The van der Waals surface area contributed by atoms with Crippen LogP contribution in [0.2, 0.25) is 0 Å². The van der Waals surface area contributed by atoms with Crippen molar-refractivity contribution in [2.24, 2.45) is 5.73 Å². The molecule has 10 heavy (non-hydrogen) atoms. The Balaban J connectivity index is 2.89. The smallest absolute Gasteiger partial charge is 0.0377 e. The number of benzene rings is 1. The highest BCUT2D eigenvalue weighted by Crippen LogP contribution is 2.12. The molecule has 1 unspecified atom stereocenters. The van der Waals surface area contributed by atoms with E-state index in [1.165, 1.54) is 0 Å². The zero-order valence-electron chi connectivity index (χ0n) is 5.87. The lowest BCUT2D eigenvalue weighted by atomic mass is 10.1. The van der Waals surface area contributed by atoms with Gasteiger partial charge in [-0.1, -0.05) is 24.8 Å². The summed E-state index contributed by atoms with van der Waals surface area (Å²) in [6.07, 6.45) is 0. The molecule has 0 spiro atoms. The summed E-state index contributed by atoms with van der Waals surface area (Å²) >= 11 is 4.92. The van der Waals surface area contributed by atoms with Crippen molar-refractivity contribution < 1.29 is 0 Å². The van der Waals surface area contributed by atoms with Crippen LogP contribution in [0.15, 0.2) is 29.2 Å². The molecule has 0 bridgehead atoms. The molecule has 1 aromatic rings. The first-order valence-electron chi connectivity index (χ1n) is 3.22. The summed E-state index contributed by atoms with van der Waals surface area (Å²) in [4.78, 5) is 0.865. The molecule has 2 N–H and O–H groups in total. The Hall–Kier alpha value is -0.600. The van der Waals surface area contributed by atoms with Gasteiger partial charge in [0.2, 0.25) is 0 Å². The van der Waals surface area contributed by atoms with Gasteiger partial charge in [-0.3, -0.25) is 0 Å². The van der Waals surface area contributed by atoms with Crippen molar-refractivity contribution in [2.75, 3.05) is 0 Å². The van der Waals surface area contributed by atoms with E-state index in [9.17, 15) is 0 Å². The van der Waals surface area contributed by atoms with Crippen molar-refractivity contribution in [1.29, 1.82) is 0 Å². The lowest BCUT2D eigenvalue weighted by Crippen LogP contribution is -2.03. The van der Waals surface area contributed by atoms with Gasteiger partial charge in [0.25, 0.3) is 0 Å². The Kier molecular flexibility index (Phi) is 2.25. The molecule has 0 saturated carbocycles. The molecule has 1 atom stereocenters. The minimum Gasteiger partial charge on any atom is -0.324 e. The van der Waals surface area contributed by atoms with Crippen molar-refractivity contribution in [1.82, 2.24) is 0 Å². The number of hydrogen-bond acceptors (Lipinski definition) is 1. The van der Waals surface area contributed by atoms with Gasteiger partial charge in [0.1, 0.15) is 0 Å². The zero-order chi connectivity index (χ0) is 7.56. The normalized spacial score (nSPS) is 13.0. The van der Waals surface area contributed by atoms with Crippen LogP contribution in [-0.2, 0) is 0 Å². The van der Waals surface area contributed by atoms with Gasteiger partial charge in [-0.15, -0.1) is 0 Å². The molecule has 0 aliphatic rings. The van der Waals surface area contributed by atoms with E-state index in [-0.39, 0.29) is 6.04 Å². The summed E-state index contributed by atoms with van der Waals surface area (Å²) < 4.78 is 0. The lowest BCUT2D eigenvalue weighted by molar-refractivity contribution is 0.817. The summed E-state index contributed by atoms with van der Waals surface area (Å²) in [5, 5.41) is 0. The Labute approximate surface area is 66.7 Å². The third-order valence-corrected chi connectivity index (χ3v) is 1.68. The molecule has 0 saturated heterocycles. The third kappa shape index (κ3) is 1.69. The largest absolute Gasteiger partial charge is 0.324 e. The van der Waals surface area contributed by atoms with E-state index in [0.717, 1.165) is 10.5 Å². The maximum absolute atomic E-state index is 5.63. The molecule has 2 heteroatoms. The van der Waals surface area contributed by atoms with Crippen LogP contribution < -0.4 is 5.73 Å². The van der Waals surface area contributed by atoms with E-state index in [0.29, 0.717) is 0 Å². The molecule has 1 nitrogen and oxygen atoms in total. The molecule has 0 aliphatic heterocycles. The van der Waals surface area contributed by atoms with E-state index >= 15 is 0 Å². The molecular formula is C8H10NS.